The van der Waals surface area contributed by atoms with Gasteiger partial charge in [-0.1, -0.05) is 37.4 Å². The summed E-state index contributed by atoms with van der Waals surface area (Å²) in [5.74, 6) is 0. The van der Waals surface area contributed by atoms with Crippen LogP contribution in [0.2, 0.25) is 5.02 Å². The molecule has 0 bridgehead atoms. The number of aryl methyl sites for hydroxylation is 1. The zero-order chi connectivity index (χ0) is 11.3. The fraction of sp³-hybridized carbons (Fsp3) is 0.538. The van der Waals surface area contributed by atoms with Crippen LogP contribution in [0, 0.1) is 6.92 Å². The number of rotatable bonds is 5. The van der Waals surface area contributed by atoms with Crippen LogP contribution in [0.4, 0.5) is 5.69 Å². The molecule has 0 saturated carbocycles. The number of hydrogen-bond acceptors (Lipinski definition) is 1. The lowest BCUT2D eigenvalue weighted by Gasteiger charge is -2.15. The largest absolute Gasteiger partial charge is 0.383 e. The van der Waals surface area contributed by atoms with Crippen LogP contribution in [0.15, 0.2) is 18.2 Å². The fourth-order valence-corrected chi connectivity index (χ4v) is 1.73. The van der Waals surface area contributed by atoms with Gasteiger partial charge in [-0.25, -0.2) is 0 Å². The van der Waals surface area contributed by atoms with E-state index in [2.05, 4.69) is 31.3 Å². The van der Waals surface area contributed by atoms with Crippen molar-refractivity contribution in [2.24, 2.45) is 0 Å². The van der Waals surface area contributed by atoms with E-state index in [1.165, 1.54) is 19.3 Å². The maximum atomic E-state index is 6.06. The van der Waals surface area contributed by atoms with Gasteiger partial charge in [0.15, 0.2) is 0 Å². The highest BCUT2D eigenvalue weighted by Crippen LogP contribution is 2.21. The number of halogens is 1. The number of hydrogen-bond donors (Lipinski definition) is 1. The van der Waals surface area contributed by atoms with Crippen molar-refractivity contribution >= 4 is 17.3 Å². The van der Waals surface area contributed by atoms with Crippen LogP contribution in [0.3, 0.4) is 0 Å². The summed E-state index contributed by atoms with van der Waals surface area (Å²) in [6.07, 6.45) is 3.73. The van der Waals surface area contributed by atoms with E-state index in [4.69, 9.17) is 11.6 Å². The summed E-state index contributed by atoms with van der Waals surface area (Å²) in [7, 11) is 0. The van der Waals surface area contributed by atoms with Crippen molar-refractivity contribution in [2.75, 3.05) is 5.32 Å². The Hall–Kier alpha value is -0.690. The van der Waals surface area contributed by atoms with E-state index in [9.17, 15) is 0 Å². The van der Waals surface area contributed by atoms with Crippen LogP contribution < -0.4 is 5.32 Å². The van der Waals surface area contributed by atoms with Gasteiger partial charge < -0.3 is 5.32 Å². The molecule has 0 aliphatic carbocycles. The Balaban J connectivity index is 2.53. The van der Waals surface area contributed by atoms with Crippen molar-refractivity contribution in [3.8, 4) is 0 Å². The van der Waals surface area contributed by atoms with E-state index in [1.807, 2.05) is 13.0 Å². The quantitative estimate of drug-likeness (QED) is 0.770. The summed E-state index contributed by atoms with van der Waals surface area (Å²) < 4.78 is 0. The minimum atomic E-state index is 0.517. The molecule has 0 aromatic heterocycles. The number of nitrogens with one attached hydrogen (secondary N) is 1. The van der Waals surface area contributed by atoms with Crippen molar-refractivity contribution in [3.05, 3.63) is 28.8 Å². The maximum Gasteiger partial charge on any atom is 0.0455 e. The van der Waals surface area contributed by atoms with E-state index in [-0.39, 0.29) is 0 Å². The molecule has 1 atom stereocenters. The van der Waals surface area contributed by atoms with Gasteiger partial charge in [0.1, 0.15) is 0 Å². The third-order valence-corrected chi connectivity index (χ3v) is 2.98. The van der Waals surface area contributed by atoms with Gasteiger partial charge in [-0.2, -0.15) is 0 Å². The zero-order valence-electron chi connectivity index (χ0n) is 9.81. The third-order valence-electron chi connectivity index (χ3n) is 2.58. The minimum absolute atomic E-state index is 0.517. The fourth-order valence-electron chi connectivity index (χ4n) is 1.55. The molecule has 1 N–H and O–H groups in total. The van der Waals surface area contributed by atoms with Crippen LogP contribution in [0.1, 0.15) is 38.7 Å². The second kappa shape index (κ2) is 6.02. The molecular weight excluding hydrogens is 206 g/mol. The van der Waals surface area contributed by atoms with Crippen molar-refractivity contribution in [1.82, 2.24) is 0 Å². The molecule has 0 amide bonds. The van der Waals surface area contributed by atoms with Crippen LogP contribution in [-0.2, 0) is 0 Å². The molecule has 0 radical (unpaired) electrons. The van der Waals surface area contributed by atoms with Crippen LogP contribution >= 0.6 is 11.6 Å². The summed E-state index contributed by atoms with van der Waals surface area (Å²) in [6, 6.07) is 6.66. The van der Waals surface area contributed by atoms with E-state index in [0.29, 0.717) is 6.04 Å². The number of unbranched alkanes of at least 4 members (excludes halogenated alkanes) is 1. The lowest BCUT2D eigenvalue weighted by molar-refractivity contribution is 0.645. The normalized spacial score (nSPS) is 12.5. The second-order valence-electron chi connectivity index (χ2n) is 4.15. The Labute approximate surface area is 97.8 Å². The Morgan fingerprint density at radius 2 is 2.13 bits per heavy atom. The topological polar surface area (TPSA) is 12.0 Å². The van der Waals surface area contributed by atoms with E-state index < -0.39 is 0 Å². The molecule has 0 saturated heterocycles. The summed E-state index contributed by atoms with van der Waals surface area (Å²) >= 11 is 6.06. The molecule has 1 aromatic carbocycles. The van der Waals surface area contributed by atoms with E-state index in [1.54, 1.807) is 0 Å². The Kier molecular flexibility index (Phi) is 4.97. The number of benzene rings is 1. The highest BCUT2D eigenvalue weighted by atomic mass is 35.5. The minimum Gasteiger partial charge on any atom is -0.383 e. The van der Waals surface area contributed by atoms with Crippen molar-refractivity contribution in [3.63, 3.8) is 0 Å². The molecule has 0 aliphatic heterocycles. The molecule has 0 fully saturated rings. The van der Waals surface area contributed by atoms with Crippen LogP contribution in [0.5, 0.6) is 0 Å². The van der Waals surface area contributed by atoms with Gasteiger partial charge in [-0.3, -0.25) is 0 Å². The van der Waals surface area contributed by atoms with Crippen LogP contribution in [-0.4, -0.2) is 6.04 Å². The average Bonchev–Trinajstić information content (AvgIpc) is 2.20. The molecule has 2 heteroatoms. The predicted octanol–water partition coefficient (Wildman–Crippen LogP) is 4.64. The van der Waals surface area contributed by atoms with Gasteiger partial charge in [0.2, 0.25) is 0 Å². The monoisotopic (exact) mass is 225 g/mol. The van der Waals surface area contributed by atoms with E-state index in [0.717, 1.165) is 16.3 Å². The molecule has 15 heavy (non-hydrogen) atoms. The first-order valence-electron chi connectivity index (χ1n) is 5.66. The predicted molar refractivity (Wildman–Crippen MR) is 68.8 cm³/mol. The van der Waals surface area contributed by atoms with Gasteiger partial charge in [0.05, 0.1) is 0 Å². The standard InChI is InChI=1S/C13H20ClN/c1-4-5-6-11(3)15-12-8-7-10(2)13(14)9-12/h7-9,11,15H,4-6H2,1-3H3. The third kappa shape index (κ3) is 4.13. The Morgan fingerprint density at radius 3 is 2.73 bits per heavy atom. The molecule has 0 aliphatic rings. The highest BCUT2D eigenvalue weighted by Gasteiger charge is 2.02. The molecule has 1 aromatic rings. The Bertz CT molecular complexity index is 309. The average molecular weight is 226 g/mol. The first-order chi connectivity index (χ1) is 7.13. The first kappa shape index (κ1) is 12.4. The molecule has 0 spiro atoms. The van der Waals surface area contributed by atoms with Gasteiger partial charge >= 0.3 is 0 Å². The summed E-state index contributed by atoms with van der Waals surface area (Å²) in [4.78, 5) is 0. The summed E-state index contributed by atoms with van der Waals surface area (Å²) in [6.45, 7) is 6.45. The highest BCUT2D eigenvalue weighted by molar-refractivity contribution is 6.31. The van der Waals surface area contributed by atoms with Crippen molar-refractivity contribution < 1.29 is 0 Å². The first-order valence-corrected chi connectivity index (χ1v) is 6.04. The molecule has 0 heterocycles. The molecule has 1 nitrogen and oxygen atoms in total. The molecule has 1 rings (SSSR count). The SMILES string of the molecule is CCCCC(C)Nc1ccc(C)c(Cl)c1. The second-order valence-corrected chi connectivity index (χ2v) is 4.56. The number of anilines is 1. The van der Waals surface area contributed by atoms with Gasteiger partial charge in [0.25, 0.3) is 0 Å². The lowest BCUT2D eigenvalue weighted by Crippen LogP contribution is -2.14. The Morgan fingerprint density at radius 1 is 1.40 bits per heavy atom. The smallest absolute Gasteiger partial charge is 0.0455 e. The van der Waals surface area contributed by atoms with Gasteiger partial charge in [-0.05, 0) is 38.0 Å². The molecular formula is C13H20ClN. The molecule has 84 valence electrons. The molecule has 1 unspecified atom stereocenters. The van der Waals surface area contributed by atoms with Crippen molar-refractivity contribution in [2.45, 2.75) is 46.1 Å². The van der Waals surface area contributed by atoms with E-state index >= 15 is 0 Å². The summed E-state index contributed by atoms with van der Waals surface area (Å²) in [5, 5.41) is 4.30. The van der Waals surface area contributed by atoms with Crippen LogP contribution in [0.25, 0.3) is 0 Å². The van der Waals surface area contributed by atoms with Gasteiger partial charge in [-0.15, -0.1) is 0 Å². The lowest BCUT2D eigenvalue weighted by atomic mass is 10.1. The van der Waals surface area contributed by atoms with Crippen molar-refractivity contribution in [1.29, 1.82) is 0 Å². The zero-order valence-corrected chi connectivity index (χ0v) is 10.6. The van der Waals surface area contributed by atoms with Gasteiger partial charge in [0, 0.05) is 16.8 Å². The maximum absolute atomic E-state index is 6.06. The summed E-state index contributed by atoms with van der Waals surface area (Å²) in [5.41, 5.74) is 2.25.